The van der Waals surface area contributed by atoms with Gasteiger partial charge < -0.3 is 5.32 Å². The van der Waals surface area contributed by atoms with Gasteiger partial charge in [0.1, 0.15) is 11.6 Å². The fourth-order valence-electron chi connectivity index (χ4n) is 3.03. The highest BCUT2D eigenvalue weighted by Crippen LogP contribution is 2.27. The van der Waals surface area contributed by atoms with Crippen LogP contribution in [0.25, 0.3) is 0 Å². The predicted octanol–water partition coefficient (Wildman–Crippen LogP) is 3.89. The zero-order valence-electron chi connectivity index (χ0n) is 11.8. The Morgan fingerprint density at radius 2 is 1.90 bits per heavy atom. The second-order valence-electron chi connectivity index (χ2n) is 5.47. The molecular weight excluding hydrogens is 258 g/mol. The first-order valence-electron chi connectivity index (χ1n) is 7.27. The van der Waals surface area contributed by atoms with Gasteiger partial charge in [0.05, 0.1) is 11.6 Å². The minimum absolute atomic E-state index is 0.0212. The third-order valence-electron chi connectivity index (χ3n) is 4.24. The molecule has 1 aliphatic rings. The zero-order chi connectivity index (χ0) is 14.5. The predicted molar refractivity (Wildman–Crippen MR) is 73.9 cm³/mol. The molecule has 4 heteroatoms. The molecule has 0 radical (unpaired) electrons. The lowest BCUT2D eigenvalue weighted by molar-refractivity contribution is 0.253. The molecule has 2 nitrogen and oxygen atoms in total. The van der Waals surface area contributed by atoms with Gasteiger partial charge in [-0.3, -0.25) is 0 Å². The third-order valence-corrected chi connectivity index (χ3v) is 4.24. The molecule has 0 bridgehead atoms. The molecule has 0 amide bonds. The van der Waals surface area contributed by atoms with Crippen molar-refractivity contribution in [1.82, 2.24) is 5.32 Å². The van der Waals surface area contributed by atoms with Crippen molar-refractivity contribution >= 4 is 0 Å². The number of halogens is 2. The second kappa shape index (κ2) is 6.81. The molecule has 1 aromatic carbocycles. The summed E-state index contributed by atoms with van der Waals surface area (Å²) in [6.45, 7) is 2.35. The fraction of sp³-hybridized carbons (Fsp3) is 0.562. The third kappa shape index (κ3) is 3.34. The minimum atomic E-state index is -0.641. The number of nitriles is 1. The Labute approximate surface area is 118 Å². The van der Waals surface area contributed by atoms with Gasteiger partial charge in [-0.15, -0.1) is 0 Å². The number of rotatable bonds is 4. The Morgan fingerprint density at radius 1 is 1.25 bits per heavy atom. The summed E-state index contributed by atoms with van der Waals surface area (Å²) in [6.07, 6.45) is 5.77. The smallest absolute Gasteiger partial charge is 0.131 e. The standard InChI is InChI=1S/C16H20F2N2/c1-2-12-5-3-4-6-16(12)20-10-13-14(17)7-11(9-19)8-15(13)18/h7-8,12,16,20H,2-6,10H2,1H3. The van der Waals surface area contributed by atoms with E-state index in [1.54, 1.807) is 6.07 Å². The molecule has 0 spiro atoms. The van der Waals surface area contributed by atoms with Crippen molar-refractivity contribution in [1.29, 1.82) is 5.26 Å². The van der Waals surface area contributed by atoms with Crippen LogP contribution in [0.4, 0.5) is 8.78 Å². The van der Waals surface area contributed by atoms with E-state index in [9.17, 15) is 8.78 Å². The molecular formula is C16H20F2N2. The van der Waals surface area contributed by atoms with Gasteiger partial charge in [-0.2, -0.15) is 5.26 Å². The van der Waals surface area contributed by atoms with E-state index in [0.29, 0.717) is 12.0 Å². The highest BCUT2D eigenvalue weighted by Gasteiger charge is 2.23. The van der Waals surface area contributed by atoms with E-state index in [1.807, 2.05) is 0 Å². The second-order valence-corrected chi connectivity index (χ2v) is 5.47. The average Bonchev–Trinajstić information content (AvgIpc) is 2.46. The van der Waals surface area contributed by atoms with Crippen molar-refractivity contribution in [3.8, 4) is 6.07 Å². The van der Waals surface area contributed by atoms with Crippen molar-refractivity contribution in [2.45, 2.75) is 51.6 Å². The van der Waals surface area contributed by atoms with Crippen molar-refractivity contribution < 1.29 is 8.78 Å². The summed E-state index contributed by atoms with van der Waals surface area (Å²) < 4.78 is 27.6. The zero-order valence-corrected chi connectivity index (χ0v) is 11.8. The lowest BCUT2D eigenvalue weighted by atomic mass is 9.83. The lowest BCUT2D eigenvalue weighted by Gasteiger charge is -2.31. The molecule has 0 saturated heterocycles. The average molecular weight is 278 g/mol. The summed E-state index contributed by atoms with van der Waals surface area (Å²) in [7, 11) is 0. The van der Waals surface area contributed by atoms with Gasteiger partial charge in [-0.25, -0.2) is 8.78 Å². The van der Waals surface area contributed by atoms with Gasteiger partial charge in [-0.1, -0.05) is 26.2 Å². The first-order chi connectivity index (χ1) is 9.65. The van der Waals surface area contributed by atoms with E-state index in [1.165, 1.54) is 19.3 Å². The monoisotopic (exact) mass is 278 g/mol. The molecule has 2 atom stereocenters. The van der Waals surface area contributed by atoms with Crippen molar-refractivity contribution in [3.63, 3.8) is 0 Å². The quantitative estimate of drug-likeness (QED) is 0.906. The number of nitrogens with zero attached hydrogens (tertiary/aromatic N) is 1. The molecule has 1 fully saturated rings. The van der Waals surface area contributed by atoms with Crippen LogP contribution in [0.15, 0.2) is 12.1 Å². The van der Waals surface area contributed by atoms with Crippen LogP contribution >= 0.6 is 0 Å². The van der Waals surface area contributed by atoms with Gasteiger partial charge >= 0.3 is 0 Å². The van der Waals surface area contributed by atoms with Crippen LogP contribution in [0.3, 0.4) is 0 Å². The maximum atomic E-state index is 13.8. The van der Waals surface area contributed by atoms with Crippen LogP contribution < -0.4 is 5.32 Å². The first-order valence-corrected chi connectivity index (χ1v) is 7.27. The van der Waals surface area contributed by atoms with Crippen LogP contribution in [0.2, 0.25) is 0 Å². The molecule has 1 saturated carbocycles. The summed E-state index contributed by atoms with van der Waals surface area (Å²) in [6, 6.07) is 4.28. The van der Waals surface area contributed by atoms with Crippen LogP contribution in [0.1, 0.15) is 50.2 Å². The molecule has 0 heterocycles. The molecule has 108 valence electrons. The summed E-state index contributed by atoms with van der Waals surface area (Å²) in [4.78, 5) is 0. The van der Waals surface area contributed by atoms with E-state index in [0.717, 1.165) is 25.0 Å². The Balaban J connectivity index is 2.05. The van der Waals surface area contributed by atoms with E-state index >= 15 is 0 Å². The number of benzene rings is 1. The number of hydrogen-bond acceptors (Lipinski definition) is 2. The van der Waals surface area contributed by atoms with E-state index in [2.05, 4.69) is 12.2 Å². The van der Waals surface area contributed by atoms with Gasteiger partial charge in [0.15, 0.2) is 0 Å². The lowest BCUT2D eigenvalue weighted by Crippen LogP contribution is -2.38. The van der Waals surface area contributed by atoms with Crippen LogP contribution in [0, 0.1) is 28.9 Å². The molecule has 1 N–H and O–H groups in total. The highest BCUT2D eigenvalue weighted by molar-refractivity contribution is 5.34. The van der Waals surface area contributed by atoms with Gasteiger partial charge in [0, 0.05) is 18.2 Å². The fourth-order valence-corrected chi connectivity index (χ4v) is 3.03. The van der Waals surface area contributed by atoms with Gasteiger partial charge in [0.25, 0.3) is 0 Å². The summed E-state index contributed by atoms with van der Waals surface area (Å²) in [5.74, 6) is -0.691. The highest BCUT2D eigenvalue weighted by atomic mass is 19.1. The Bertz CT molecular complexity index is 485. The molecule has 0 aromatic heterocycles. The van der Waals surface area contributed by atoms with Crippen LogP contribution in [-0.4, -0.2) is 6.04 Å². The van der Waals surface area contributed by atoms with Crippen molar-refractivity contribution in [2.75, 3.05) is 0 Å². The van der Waals surface area contributed by atoms with Gasteiger partial charge in [-0.05, 0) is 30.9 Å². The van der Waals surface area contributed by atoms with Crippen LogP contribution in [-0.2, 0) is 6.54 Å². The molecule has 1 aromatic rings. The number of nitrogens with one attached hydrogen (secondary N) is 1. The van der Waals surface area contributed by atoms with E-state index < -0.39 is 11.6 Å². The van der Waals surface area contributed by atoms with E-state index in [4.69, 9.17) is 5.26 Å². The minimum Gasteiger partial charge on any atom is -0.309 e. The Morgan fingerprint density at radius 3 is 2.50 bits per heavy atom. The largest absolute Gasteiger partial charge is 0.309 e. The normalized spacial score (nSPS) is 22.5. The SMILES string of the molecule is CCC1CCCCC1NCc1c(F)cc(C#N)cc1F. The molecule has 2 unspecified atom stereocenters. The van der Waals surface area contributed by atoms with Crippen molar-refractivity contribution in [2.24, 2.45) is 5.92 Å². The molecule has 2 rings (SSSR count). The Hall–Kier alpha value is -1.47. The summed E-state index contributed by atoms with van der Waals surface area (Å²) in [5, 5.41) is 12.0. The Kier molecular flexibility index (Phi) is 5.08. The molecule has 20 heavy (non-hydrogen) atoms. The maximum absolute atomic E-state index is 13.8. The van der Waals surface area contributed by atoms with Crippen LogP contribution in [0.5, 0.6) is 0 Å². The molecule has 0 aliphatic heterocycles. The first kappa shape index (κ1) is 14.9. The maximum Gasteiger partial charge on any atom is 0.131 e. The number of hydrogen-bond donors (Lipinski definition) is 1. The summed E-state index contributed by atoms with van der Waals surface area (Å²) >= 11 is 0. The molecule has 1 aliphatic carbocycles. The topological polar surface area (TPSA) is 35.8 Å². The summed E-state index contributed by atoms with van der Waals surface area (Å²) in [5.41, 5.74) is 0.0530. The van der Waals surface area contributed by atoms with Gasteiger partial charge in [0.2, 0.25) is 0 Å². The van der Waals surface area contributed by atoms with E-state index in [-0.39, 0.29) is 17.7 Å². The van der Waals surface area contributed by atoms with Crippen molar-refractivity contribution in [3.05, 3.63) is 34.9 Å².